The molecule has 1 aromatic heterocycles. The van der Waals surface area contributed by atoms with Crippen LogP contribution >= 0.6 is 15.9 Å². The summed E-state index contributed by atoms with van der Waals surface area (Å²) in [7, 11) is 0. The van der Waals surface area contributed by atoms with Gasteiger partial charge in [-0.2, -0.15) is 5.10 Å². The van der Waals surface area contributed by atoms with Crippen molar-refractivity contribution in [1.29, 1.82) is 0 Å². The van der Waals surface area contributed by atoms with Crippen LogP contribution in [0.4, 0.5) is 0 Å². The minimum absolute atomic E-state index is 0.0685. The Bertz CT molecular complexity index is 445. The zero-order valence-electron chi connectivity index (χ0n) is 10.6. The van der Waals surface area contributed by atoms with Crippen LogP contribution in [0.25, 0.3) is 0 Å². The van der Waals surface area contributed by atoms with Crippen LogP contribution in [0.2, 0.25) is 0 Å². The van der Waals surface area contributed by atoms with Gasteiger partial charge in [-0.15, -0.1) is 0 Å². The van der Waals surface area contributed by atoms with Crippen molar-refractivity contribution in [1.82, 2.24) is 15.1 Å². The molecule has 1 atom stereocenters. The maximum atomic E-state index is 12.3. The summed E-state index contributed by atoms with van der Waals surface area (Å²) in [6, 6.07) is 0. The average molecular weight is 316 g/mol. The molecule has 1 fully saturated rings. The predicted octanol–water partition coefficient (Wildman–Crippen LogP) is 1.75. The van der Waals surface area contributed by atoms with E-state index in [1.807, 2.05) is 13.8 Å². The van der Waals surface area contributed by atoms with E-state index in [1.54, 1.807) is 4.90 Å². The molecule has 6 heteroatoms. The number of hydrogen-bond acceptors (Lipinski definition) is 3. The van der Waals surface area contributed by atoms with Gasteiger partial charge in [0.1, 0.15) is 0 Å². The largest absolute Gasteiger partial charge is 0.396 e. The van der Waals surface area contributed by atoms with Crippen molar-refractivity contribution in [3.8, 4) is 0 Å². The summed E-state index contributed by atoms with van der Waals surface area (Å²) in [6.45, 7) is 5.54. The molecular formula is C12H18BrN3O2. The lowest BCUT2D eigenvalue weighted by Crippen LogP contribution is -2.29. The number of rotatable bonds is 3. The Kier molecular flexibility index (Phi) is 4.07. The topological polar surface area (TPSA) is 69.2 Å². The number of aromatic amines is 1. The zero-order chi connectivity index (χ0) is 13.3. The third kappa shape index (κ3) is 2.44. The molecule has 0 saturated carbocycles. The molecule has 0 aromatic carbocycles. The van der Waals surface area contributed by atoms with Gasteiger partial charge in [0.05, 0.1) is 10.2 Å². The van der Waals surface area contributed by atoms with E-state index in [2.05, 4.69) is 26.1 Å². The molecule has 0 aliphatic carbocycles. The van der Waals surface area contributed by atoms with Crippen LogP contribution in [0.1, 0.15) is 42.4 Å². The fraction of sp³-hybridized carbons (Fsp3) is 0.667. The van der Waals surface area contributed by atoms with E-state index in [9.17, 15) is 4.79 Å². The molecule has 2 heterocycles. The summed E-state index contributed by atoms with van der Waals surface area (Å²) in [4.78, 5) is 14.1. The molecule has 5 nitrogen and oxygen atoms in total. The van der Waals surface area contributed by atoms with Gasteiger partial charge in [-0.05, 0) is 28.3 Å². The van der Waals surface area contributed by atoms with Gasteiger partial charge in [-0.3, -0.25) is 9.89 Å². The Morgan fingerprint density at radius 2 is 2.39 bits per heavy atom. The van der Waals surface area contributed by atoms with Crippen molar-refractivity contribution in [2.75, 3.05) is 19.7 Å². The van der Waals surface area contributed by atoms with E-state index >= 15 is 0 Å². The smallest absolute Gasteiger partial charge is 0.275 e. The number of halogens is 1. The number of likely N-dealkylation sites (tertiary alicyclic amines) is 1. The number of aliphatic hydroxyl groups excluding tert-OH is 1. The van der Waals surface area contributed by atoms with Gasteiger partial charge in [0.2, 0.25) is 0 Å². The molecule has 1 unspecified atom stereocenters. The fourth-order valence-corrected chi connectivity index (χ4v) is 2.99. The first-order valence-corrected chi connectivity index (χ1v) is 6.97. The summed E-state index contributed by atoms with van der Waals surface area (Å²) >= 11 is 3.44. The summed E-state index contributed by atoms with van der Waals surface area (Å²) in [5, 5.41) is 16.1. The van der Waals surface area contributed by atoms with Gasteiger partial charge in [0, 0.05) is 25.6 Å². The fourth-order valence-electron chi connectivity index (χ4n) is 2.18. The minimum Gasteiger partial charge on any atom is -0.396 e. The highest BCUT2D eigenvalue weighted by molar-refractivity contribution is 9.10. The van der Waals surface area contributed by atoms with Crippen molar-refractivity contribution < 1.29 is 9.90 Å². The van der Waals surface area contributed by atoms with Gasteiger partial charge in [-0.25, -0.2) is 0 Å². The van der Waals surface area contributed by atoms with E-state index in [0.717, 1.165) is 16.6 Å². The van der Waals surface area contributed by atoms with Gasteiger partial charge in [0.15, 0.2) is 5.69 Å². The first-order valence-electron chi connectivity index (χ1n) is 6.18. The third-order valence-corrected chi connectivity index (χ3v) is 4.15. The Labute approximate surface area is 115 Å². The zero-order valence-corrected chi connectivity index (χ0v) is 12.2. The molecule has 1 aliphatic heterocycles. The minimum atomic E-state index is -0.0685. The number of carbonyl (C=O) groups excluding carboxylic acids is 1. The summed E-state index contributed by atoms with van der Waals surface area (Å²) in [6.07, 6.45) is 0.862. The molecule has 1 saturated heterocycles. The van der Waals surface area contributed by atoms with Crippen LogP contribution in [0.3, 0.4) is 0 Å². The molecule has 2 N–H and O–H groups in total. The van der Waals surface area contributed by atoms with E-state index in [0.29, 0.717) is 18.8 Å². The normalized spacial score (nSPS) is 19.8. The Hall–Kier alpha value is -0.880. The Morgan fingerprint density at radius 3 is 2.89 bits per heavy atom. The van der Waals surface area contributed by atoms with Crippen molar-refractivity contribution in [2.24, 2.45) is 5.92 Å². The predicted molar refractivity (Wildman–Crippen MR) is 71.5 cm³/mol. The molecule has 1 aromatic rings. The number of aliphatic hydroxyl groups is 1. The lowest BCUT2D eigenvalue weighted by Gasteiger charge is -2.14. The highest BCUT2D eigenvalue weighted by Crippen LogP contribution is 2.27. The van der Waals surface area contributed by atoms with Gasteiger partial charge >= 0.3 is 0 Å². The molecule has 0 radical (unpaired) electrons. The molecular weight excluding hydrogens is 298 g/mol. The number of aromatic nitrogens is 2. The maximum Gasteiger partial charge on any atom is 0.275 e. The number of nitrogens with zero attached hydrogens (tertiary/aromatic N) is 2. The van der Waals surface area contributed by atoms with Crippen molar-refractivity contribution in [3.63, 3.8) is 0 Å². The summed E-state index contributed by atoms with van der Waals surface area (Å²) < 4.78 is 0.759. The van der Waals surface area contributed by atoms with Crippen LogP contribution in [0.15, 0.2) is 4.47 Å². The van der Waals surface area contributed by atoms with E-state index in [-0.39, 0.29) is 24.3 Å². The number of amides is 1. The second kappa shape index (κ2) is 5.40. The van der Waals surface area contributed by atoms with Gasteiger partial charge < -0.3 is 10.0 Å². The molecule has 1 aliphatic rings. The second-order valence-electron chi connectivity index (χ2n) is 5.04. The number of nitrogens with one attached hydrogen (secondary N) is 1. The number of carbonyl (C=O) groups is 1. The second-order valence-corrected chi connectivity index (χ2v) is 5.84. The van der Waals surface area contributed by atoms with Gasteiger partial charge in [-0.1, -0.05) is 13.8 Å². The monoisotopic (exact) mass is 315 g/mol. The Morgan fingerprint density at radius 1 is 1.67 bits per heavy atom. The standard InChI is InChI=1S/C12H18BrN3O2/c1-7(2)10-9(13)11(15-14-10)12(18)16-4-3-8(5-16)6-17/h7-8,17H,3-6H2,1-2H3,(H,14,15). The van der Waals surface area contributed by atoms with E-state index < -0.39 is 0 Å². The lowest BCUT2D eigenvalue weighted by molar-refractivity contribution is 0.0775. The molecule has 18 heavy (non-hydrogen) atoms. The Balaban J connectivity index is 2.15. The molecule has 2 rings (SSSR count). The lowest BCUT2D eigenvalue weighted by atomic mass is 10.1. The molecule has 0 spiro atoms. The van der Waals surface area contributed by atoms with Gasteiger partial charge in [0.25, 0.3) is 5.91 Å². The van der Waals surface area contributed by atoms with E-state index in [4.69, 9.17) is 5.11 Å². The van der Waals surface area contributed by atoms with E-state index in [1.165, 1.54) is 0 Å². The molecule has 100 valence electrons. The van der Waals surface area contributed by atoms with Crippen LogP contribution in [0.5, 0.6) is 0 Å². The first-order chi connectivity index (χ1) is 8.54. The number of hydrogen-bond donors (Lipinski definition) is 2. The SMILES string of the molecule is CC(C)c1[nH]nc(C(=O)N2CCC(CO)C2)c1Br. The first kappa shape index (κ1) is 13.5. The molecule has 1 amide bonds. The third-order valence-electron chi connectivity index (χ3n) is 3.34. The summed E-state index contributed by atoms with van der Waals surface area (Å²) in [5.41, 5.74) is 1.38. The van der Waals surface area contributed by atoms with Crippen LogP contribution in [-0.4, -0.2) is 45.8 Å². The van der Waals surface area contributed by atoms with Crippen LogP contribution < -0.4 is 0 Å². The average Bonchev–Trinajstić information content (AvgIpc) is 2.94. The van der Waals surface area contributed by atoms with Crippen molar-refractivity contribution in [2.45, 2.75) is 26.2 Å². The number of H-pyrrole nitrogens is 1. The quantitative estimate of drug-likeness (QED) is 0.892. The van der Waals surface area contributed by atoms with Crippen molar-refractivity contribution >= 4 is 21.8 Å². The molecule has 0 bridgehead atoms. The highest BCUT2D eigenvalue weighted by Gasteiger charge is 2.29. The highest BCUT2D eigenvalue weighted by atomic mass is 79.9. The van der Waals surface area contributed by atoms with Crippen LogP contribution in [0, 0.1) is 5.92 Å². The maximum absolute atomic E-state index is 12.3. The van der Waals surface area contributed by atoms with Crippen molar-refractivity contribution in [3.05, 3.63) is 15.9 Å². The summed E-state index contributed by atoms with van der Waals surface area (Å²) in [5.74, 6) is 0.425. The van der Waals surface area contributed by atoms with Crippen LogP contribution in [-0.2, 0) is 0 Å².